The molecular weight excluding hydrogens is 292 g/mol. The molecule has 122 valence electrons. The lowest BCUT2D eigenvalue weighted by atomic mass is 9.83. The van der Waals surface area contributed by atoms with Gasteiger partial charge in [-0.15, -0.1) is 0 Å². The van der Waals surface area contributed by atoms with E-state index in [4.69, 9.17) is 9.47 Å². The van der Waals surface area contributed by atoms with Crippen LogP contribution in [-0.4, -0.2) is 56.1 Å². The van der Waals surface area contributed by atoms with Gasteiger partial charge in [-0.05, 0) is 26.3 Å². The third kappa shape index (κ3) is 2.12. The zero-order valence-electron chi connectivity index (χ0n) is 12.5. The average Bonchev–Trinajstić information content (AvgIpc) is 2.87. The highest BCUT2D eigenvalue weighted by Crippen LogP contribution is 2.48. The lowest BCUT2D eigenvalue weighted by Crippen LogP contribution is -2.54. The van der Waals surface area contributed by atoms with Gasteiger partial charge in [0.25, 0.3) is 0 Å². The van der Waals surface area contributed by atoms with Crippen LogP contribution in [0.25, 0.3) is 0 Å². The van der Waals surface area contributed by atoms with Gasteiger partial charge in [-0.2, -0.15) is 0 Å². The lowest BCUT2D eigenvalue weighted by molar-refractivity contribution is -0.297. The minimum absolute atomic E-state index is 0.0390. The Kier molecular flexibility index (Phi) is 3.29. The smallest absolute Gasteiger partial charge is 0.342 e. The van der Waals surface area contributed by atoms with Crippen molar-refractivity contribution in [3.05, 3.63) is 23.0 Å². The van der Waals surface area contributed by atoms with Gasteiger partial charge in [0.2, 0.25) is 0 Å². The quantitative estimate of drug-likeness (QED) is 0.482. The predicted molar refractivity (Wildman–Crippen MR) is 73.2 cm³/mol. The molecule has 3 rings (SSSR count). The maximum atomic E-state index is 11.8. The van der Waals surface area contributed by atoms with E-state index in [9.17, 15) is 25.2 Å². The van der Waals surface area contributed by atoms with E-state index in [1.54, 1.807) is 6.92 Å². The van der Waals surface area contributed by atoms with Crippen LogP contribution in [0.2, 0.25) is 0 Å². The Morgan fingerprint density at radius 2 is 2.00 bits per heavy atom. The van der Waals surface area contributed by atoms with Crippen LogP contribution in [0, 0.1) is 0 Å². The van der Waals surface area contributed by atoms with Crippen LogP contribution in [-0.2, 0) is 14.3 Å². The summed E-state index contributed by atoms with van der Waals surface area (Å²) in [5, 5.41) is 41.0. The van der Waals surface area contributed by atoms with Crippen molar-refractivity contribution in [1.82, 2.24) is 0 Å². The molecule has 0 aromatic carbocycles. The highest BCUT2D eigenvalue weighted by atomic mass is 16.7. The molecule has 2 bridgehead atoms. The summed E-state index contributed by atoms with van der Waals surface area (Å²) in [6, 6.07) is 0. The van der Waals surface area contributed by atoms with Gasteiger partial charge in [-0.25, -0.2) is 4.79 Å². The molecular formula is C15H20O7. The van der Waals surface area contributed by atoms with E-state index >= 15 is 0 Å². The molecule has 3 heterocycles. The zero-order valence-corrected chi connectivity index (χ0v) is 12.5. The SMILES string of the molecule is C[C@]12/C=C3/OC(=O)C(CO)=C3[C@@H](O)C[C@](C)(O)[C@](O)(CC1)O2. The summed E-state index contributed by atoms with van der Waals surface area (Å²) in [7, 11) is 0. The normalized spacial score (nSPS) is 47.3. The van der Waals surface area contributed by atoms with Crippen molar-refractivity contribution in [2.24, 2.45) is 0 Å². The minimum Gasteiger partial charge on any atom is -0.423 e. The molecule has 4 N–H and O–H groups in total. The highest BCUT2D eigenvalue weighted by molar-refractivity contribution is 5.95. The molecule has 0 saturated carbocycles. The third-order valence-corrected chi connectivity index (χ3v) is 4.76. The van der Waals surface area contributed by atoms with Crippen LogP contribution < -0.4 is 0 Å². The van der Waals surface area contributed by atoms with Gasteiger partial charge in [0.15, 0.2) is 5.79 Å². The highest BCUT2D eigenvalue weighted by Gasteiger charge is 2.57. The third-order valence-electron chi connectivity index (χ3n) is 4.76. The fourth-order valence-corrected chi connectivity index (χ4v) is 3.40. The summed E-state index contributed by atoms with van der Waals surface area (Å²) in [5.74, 6) is -2.41. The van der Waals surface area contributed by atoms with E-state index in [2.05, 4.69) is 0 Å². The van der Waals surface area contributed by atoms with Crippen molar-refractivity contribution in [3.63, 3.8) is 0 Å². The van der Waals surface area contributed by atoms with Crippen molar-refractivity contribution >= 4 is 5.97 Å². The van der Waals surface area contributed by atoms with Crippen molar-refractivity contribution in [2.45, 2.75) is 56.2 Å². The van der Waals surface area contributed by atoms with Crippen LogP contribution >= 0.6 is 0 Å². The van der Waals surface area contributed by atoms with Crippen molar-refractivity contribution in [2.75, 3.05) is 6.61 Å². The number of hydrogen-bond acceptors (Lipinski definition) is 7. The molecule has 3 aliphatic rings. The number of rotatable bonds is 1. The molecule has 7 heteroatoms. The fourth-order valence-electron chi connectivity index (χ4n) is 3.40. The number of carbonyl (C=O) groups is 1. The number of aliphatic hydroxyl groups is 4. The summed E-state index contributed by atoms with van der Waals surface area (Å²) >= 11 is 0. The van der Waals surface area contributed by atoms with E-state index < -0.39 is 35.7 Å². The number of carbonyl (C=O) groups excluding carboxylic acids is 1. The average molecular weight is 312 g/mol. The Labute approximate surface area is 127 Å². The van der Waals surface area contributed by atoms with Gasteiger partial charge in [0.1, 0.15) is 11.4 Å². The second-order valence-electron chi connectivity index (χ2n) is 6.64. The molecule has 0 aliphatic carbocycles. The molecule has 7 nitrogen and oxygen atoms in total. The maximum absolute atomic E-state index is 11.8. The number of ether oxygens (including phenoxy) is 2. The van der Waals surface area contributed by atoms with Crippen LogP contribution in [0.4, 0.5) is 0 Å². The number of fused-ring (bicyclic) bond motifs is 3. The Bertz CT molecular complexity index is 591. The standard InChI is InChI=1S/C15H20O7/c1-13-3-4-15(20,22-13)14(2,19)5-9(17)11-8(7-16)12(18)21-10(11)6-13/h6,9,16-17,19-20H,3-5,7H2,1-2H3/b10-6+/t9-,13+,14-,15-/m0/s1. The van der Waals surface area contributed by atoms with E-state index in [-0.39, 0.29) is 29.7 Å². The van der Waals surface area contributed by atoms with Crippen molar-refractivity contribution in [1.29, 1.82) is 0 Å². The first-order valence-electron chi connectivity index (χ1n) is 7.23. The monoisotopic (exact) mass is 312 g/mol. The molecule has 0 amide bonds. The molecule has 22 heavy (non-hydrogen) atoms. The topological polar surface area (TPSA) is 116 Å². The molecule has 3 aliphatic heterocycles. The van der Waals surface area contributed by atoms with E-state index in [0.717, 1.165) is 0 Å². The first kappa shape index (κ1) is 15.6. The van der Waals surface area contributed by atoms with Crippen LogP contribution in [0.3, 0.4) is 0 Å². The van der Waals surface area contributed by atoms with E-state index in [0.29, 0.717) is 6.42 Å². The summed E-state index contributed by atoms with van der Waals surface area (Å²) in [4.78, 5) is 11.8. The van der Waals surface area contributed by atoms with Crippen molar-refractivity contribution in [3.8, 4) is 0 Å². The largest absolute Gasteiger partial charge is 0.423 e. The van der Waals surface area contributed by atoms with Crippen molar-refractivity contribution < 1.29 is 34.7 Å². The first-order chi connectivity index (χ1) is 10.1. The lowest BCUT2D eigenvalue weighted by Gasteiger charge is -2.39. The molecule has 0 unspecified atom stereocenters. The van der Waals surface area contributed by atoms with Crippen LogP contribution in [0.1, 0.15) is 33.1 Å². The molecule has 0 spiro atoms. The summed E-state index contributed by atoms with van der Waals surface area (Å²) < 4.78 is 10.8. The summed E-state index contributed by atoms with van der Waals surface area (Å²) in [6.07, 6.45) is 0.592. The molecule has 1 fully saturated rings. The predicted octanol–water partition coefficient (Wildman–Crippen LogP) is -0.511. The van der Waals surface area contributed by atoms with Crippen LogP contribution in [0.5, 0.6) is 0 Å². The number of aliphatic hydroxyl groups excluding tert-OH is 2. The van der Waals surface area contributed by atoms with Gasteiger partial charge in [-0.3, -0.25) is 0 Å². The van der Waals surface area contributed by atoms with E-state index in [1.807, 2.05) is 0 Å². The molecule has 4 atom stereocenters. The molecule has 0 radical (unpaired) electrons. The minimum atomic E-state index is -1.80. The Morgan fingerprint density at radius 3 is 2.64 bits per heavy atom. The summed E-state index contributed by atoms with van der Waals surface area (Å²) in [5.41, 5.74) is -2.57. The van der Waals surface area contributed by atoms with Gasteiger partial charge < -0.3 is 29.9 Å². The Balaban J connectivity index is 2.17. The maximum Gasteiger partial charge on any atom is 0.342 e. The number of esters is 1. The second kappa shape index (κ2) is 4.62. The summed E-state index contributed by atoms with van der Waals surface area (Å²) in [6.45, 7) is 2.50. The van der Waals surface area contributed by atoms with Gasteiger partial charge in [0.05, 0.1) is 23.9 Å². The van der Waals surface area contributed by atoms with Gasteiger partial charge in [0, 0.05) is 18.4 Å². The Morgan fingerprint density at radius 1 is 1.32 bits per heavy atom. The second-order valence-corrected chi connectivity index (χ2v) is 6.64. The molecule has 0 aromatic heterocycles. The van der Waals surface area contributed by atoms with Gasteiger partial charge >= 0.3 is 5.97 Å². The first-order valence-corrected chi connectivity index (χ1v) is 7.23. The van der Waals surface area contributed by atoms with E-state index in [1.165, 1.54) is 13.0 Å². The number of hydrogen-bond donors (Lipinski definition) is 4. The molecule has 1 saturated heterocycles. The Hall–Kier alpha value is -1.25. The molecule has 0 aromatic rings. The van der Waals surface area contributed by atoms with Crippen LogP contribution in [0.15, 0.2) is 23.0 Å². The zero-order chi connectivity index (χ0) is 16.3. The fraction of sp³-hybridized carbons (Fsp3) is 0.667. The van der Waals surface area contributed by atoms with Gasteiger partial charge in [-0.1, -0.05) is 0 Å².